The molecule has 1 N–H and O–H groups in total. The molecule has 0 aliphatic carbocycles. The number of amides is 1. The van der Waals surface area contributed by atoms with E-state index >= 15 is 0 Å². The molecule has 0 aliphatic heterocycles. The molecule has 0 unspecified atom stereocenters. The van der Waals surface area contributed by atoms with Crippen LogP contribution in [0.2, 0.25) is 0 Å². The second-order valence-electron chi connectivity index (χ2n) is 4.41. The molecule has 4 heteroatoms. The van der Waals surface area contributed by atoms with Gasteiger partial charge in [0.2, 0.25) is 0 Å². The third-order valence-corrected chi connectivity index (χ3v) is 3.58. The Bertz CT molecular complexity index is 572. The van der Waals surface area contributed by atoms with Gasteiger partial charge in [-0.3, -0.25) is 4.79 Å². The Morgan fingerprint density at radius 3 is 2.50 bits per heavy atom. The van der Waals surface area contributed by atoms with E-state index in [9.17, 15) is 4.79 Å². The number of benzene rings is 2. The van der Waals surface area contributed by atoms with E-state index in [2.05, 4.69) is 21.2 Å². The van der Waals surface area contributed by atoms with Crippen LogP contribution in [0.4, 0.5) is 0 Å². The van der Waals surface area contributed by atoms with E-state index in [1.54, 1.807) is 0 Å². The van der Waals surface area contributed by atoms with Gasteiger partial charge in [-0.1, -0.05) is 52.3 Å². The molecule has 0 heterocycles. The predicted molar refractivity (Wildman–Crippen MR) is 82.6 cm³/mol. The maximum absolute atomic E-state index is 11.9. The highest BCUT2D eigenvalue weighted by Gasteiger charge is 2.12. The topological polar surface area (TPSA) is 38.3 Å². The van der Waals surface area contributed by atoms with E-state index in [1.807, 2.05) is 61.5 Å². The van der Waals surface area contributed by atoms with Gasteiger partial charge in [-0.25, -0.2) is 0 Å². The molecule has 3 nitrogen and oxygen atoms in total. The summed E-state index contributed by atoms with van der Waals surface area (Å²) in [7, 11) is 0. The Labute approximate surface area is 127 Å². The van der Waals surface area contributed by atoms with Gasteiger partial charge in [-0.05, 0) is 30.7 Å². The summed E-state index contributed by atoms with van der Waals surface area (Å²) in [6, 6.07) is 17.1. The Kier molecular flexibility index (Phi) is 5.18. The van der Waals surface area contributed by atoms with E-state index in [0.29, 0.717) is 5.75 Å². The molecule has 104 valence electrons. The summed E-state index contributed by atoms with van der Waals surface area (Å²) in [6.07, 6.45) is 0. The number of hydrogen-bond donors (Lipinski definition) is 1. The van der Waals surface area contributed by atoms with Crippen molar-refractivity contribution in [2.75, 3.05) is 6.61 Å². The van der Waals surface area contributed by atoms with Crippen LogP contribution in [-0.2, 0) is 4.79 Å². The fraction of sp³-hybridized carbons (Fsp3) is 0.188. The fourth-order valence-corrected chi connectivity index (χ4v) is 2.48. The lowest BCUT2D eigenvalue weighted by molar-refractivity contribution is -0.123. The molecular formula is C16H16BrNO2. The zero-order valence-electron chi connectivity index (χ0n) is 11.2. The number of para-hydroxylation sites is 1. The Balaban J connectivity index is 1.87. The van der Waals surface area contributed by atoms with Crippen molar-refractivity contribution in [1.82, 2.24) is 5.32 Å². The normalized spacial score (nSPS) is 11.7. The van der Waals surface area contributed by atoms with E-state index < -0.39 is 0 Å². The fourth-order valence-electron chi connectivity index (χ4n) is 1.85. The molecule has 0 spiro atoms. The highest BCUT2D eigenvalue weighted by Crippen LogP contribution is 2.22. The van der Waals surface area contributed by atoms with Gasteiger partial charge in [0.25, 0.3) is 5.91 Å². The van der Waals surface area contributed by atoms with Crippen LogP contribution in [0.5, 0.6) is 5.75 Å². The van der Waals surface area contributed by atoms with Crippen molar-refractivity contribution in [1.29, 1.82) is 0 Å². The molecule has 20 heavy (non-hydrogen) atoms. The summed E-state index contributed by atoms with van der Waals surface area (Å²) in [5.41, 5.74) is 1.04. The van der Waals surface area contributed by atoms with Crippen LogP contribution in [0, 0.1) is 0 Å². The first-order chi connectivity index (χ1) is 9.66. The first-order valence-corrected chi connectivity index (χ1v) is 7.18. The van der Waals surface area contributed by atoms with Gasteiger partial charge in [0.15, 0.2) is 6.61 Å². The number of carbonyl (C=O) groups is 1. The zero-order chi connectivity index (χ0) is 14.4. The molecule has 0 aromatic heterocycles. The van der Waals surface area contributed by atoms with Crippen LogP contribution in [-0.4, -0.2) is 12.5 Å². The smallest absolute Gasteiger partial charge is 0.258 e. The molecule has 2 aromatic carbocycles. The highest BCUT2D eigenvalue weighted by atomic mass is 79.9. The summed E-state index contributed by atoms with van der Waals surface area (Å²) < 4.78 is 6.39. The highest BCUT2D eigenvalue weighted by molar-refractivity contribution is 9.10. The molecule has 1 atom stereocenters. The largest absolute Gasteiger partial charge is 0.484 e. The zero-order valence-corrected chi connectivity index (χ0v) is 12.8. The molecule has 0 aliphatic rings. The van der Waals surface area contributed by atoms with Crippen molar-refractivity contribution in [2.24, 2.45) is 0 Å². The van der Waals surface area contributed by atoms with Crippen molar-refractivity contribution in [3.8, 4) is 5.75 Å². The molecule has 0 fully saturated rings. The number of halogens is 1. The summed E-state index contributed by atoms with van der Waals surface area (Å²) >= 11 is 3.48. The number of hydrogen-bond acceptors (Lipinski definition) is 2. The number of nitrogens with one attached hydrogen (secondary N) is 1. The van der Waals surface area contributed by atoms with Gasteiger partial charge in [0, 0.05) is 4.47 Å². The minimum absolute atomic E-state index is 0.0127. The number of ether oxygens (including phenoxy) is 1. The number of rotatable bonds is 5. The monoisotopic (exact) mass is 333 g/mol. The Morgan fingerprint density at radius 2 is 1.80 bits per heavy atom. The maximum atomic E-state index is 11.9. The van der Waals surface area contributed by atoms with Crippen molar-refractivity contribution in [3.63, 3.8) is 0 Å². The molecule has 2 aromatic rings. The third kappa shape index (κ3) is 4.10. The van der Waals surface area contributed by atoms with Crippen LogP contribution in [0.1, 0.15) is 18.5 Å². The SMILES string of the molecule is C[C@H](NC(=O)COc1ccccc1)c1ccccc1Br. The molecule has 0 saturated carbocycles. The van der Waals surface area contributed by atoms with E-state index in [-0.39, 0.29) is 18.6 Å². The Morgan fingerprint density at radius 1 is 1.15 bits per heavy atom. The molecule has 0 saturated heterocycles. The van der Waals surface area contributed by atoms with E-state index in [4.69, 9.17) is 4.74 Å². The van der Waals surface area contributed by atoms with Gasteiger partial charge in [0.1, 0.15) is 5.75 Å². The van der Waals surface area contributed by atoms with Gasteiger partial charge in [-0.15, -0.1) is 0 Å². The van der Waals surface area contributed by atoms with Gasteiger partial charge >= 0.3 is 0 Å². The average molecular weight is 334 g/mol. The van der Waals surface area contributed by atoms with Crippen LogP contribution in [0.15, 0.2) is 59.1 Å². The summed E-state index contributed by atoms with van der Waals surface area (Å²) in [4.78, 5) is 11.9. The van der Waals surface area contributed by atoms with Gasteiger partial charge in [0.05, 0.1) is 6.04 Å². The van der Waals surface area contributed by atoms with Crippen LogP contribution in [0.3, 0.4) is 0 Å². The minimum Gasteiger partial charge on any atom is -0.484 e. The number of carbonyl (C=O) groups excluding carboxylic acids is 1. The first kappa shape index (κ1) is 14.6. The lowest BCUT2D eigenvalue weighted by Crippen LogP contribution is -2.31. The predicted octanol–water partition coefficient (Wildman–Crippen LogP) is 3.71. The molecule has 1 amide bonds. The van der Waals surface area contributed by atoms with Crippen LogP contribution >= 0.6 is 15.9 Å². The summed E-state index contributed by atoms with van der Waals surface area (Å²) in [5.74, 6) is 0.549. The van der Waals surface area contributed by atoms with Crippen LogP contribution < -0.4 is 10.1 Å². The second kappa shape index (κ2) is 7.10. The second-order valence-corrected chi connectivity index (χ2v) is 5.27. The van der Waals surface area contributed by atoms with Crippen molar-refractivity contribution < 1.29 is 9.53 Å². The maximum Gasteiger partial charge on any atom is 0.258 e. The van der Waals surface area contributed by atoms with E-state index in [0.717, 1.165) is 10.0 Å². The third-order valence-electron chi connectivity index (χ3n) is 2.86. The summed E-state index contributed by atoms with van der Waals surface area (Å²) in [5, 5.41) is 2.91. The van der Waals surface area contributed by atoms with E-state index in [1.165, 1.54) is 0 Å². The first-order valence-electron chi connectivity index (χ1n) is 6.38. The lowest BCUT2D eigenvalue weighted by Gasteiger charge is -2.16. The molecule has 0 radical (unpaired) electrons. The van der Waals surface area contributed by atoms with Gasteiger partial charge in [-0.2, -0.15) is 0 Å². The van der Waals surface area contributed by atoms with Crippen LogP contribution in [0.25, 0.3) is 0 Å². The Hall–Kier alpha value is -1.81. The van der Waals surface area contributed by atoms with Crippen molar-refractivity contribution in [2.45, 2.75) is 13.0 Å². The van der Waals surface area contributed by atoms with Crippen molar-refractivity contribution >= 4 is 21.8 Å². The average Bonchev–Trinajstić information content (AvgIpc) is 2.46. The molecule has 2 rings (SSSR count). The lowest BCUT2D eigenvalue weighted by atomic mass is 10.1. The standard InChI is InChI=1S/C16H16BrNO2/c1-12(14-9-5-6-10-15(14)17)18-16(19)11-20-13-7-3-2-4-8-13/h2-10,12H,11H2,1H3,(H,18,19)/t12-/m0/s1. The minimum atomic E-state index is -0.142. The molecular weight excluding hydrogens is 318 g/mol. The van der Waals surface area contributed by atoms with Crippen molar-refractivity contribution in [3.05, 3.63) is 64.6 Å². The molecule has 0 bridgehead atoms. The summed E-state index contributed by atoms with van der Waals surface area (Å²) in [6.45, 7) is 1.96. The quantitative estimate of drug-likeness (QED) is 0.905. The van der Waals surface area contributed by atoms with Gasteiger partial charge < -0.3 is 10.1 Å².